The van der Waals surface area contributed by atoms with E-state index < -0.39 is 6.10 Å². The minimum atomic E-state index is -0.879. The Bertz CT molecular complexity index is 1370. The summed E-state index contributed by atoms with van der Waals surface area (Å²) in [5, 5.41) is 31.5. The lowest BCUT2D eigenvalue weighted by Gasteiger charge is -2.25. The molecule has 0 spiro atoms. The number of carbonyl (C=O) groups is 1. The third-order valence-corrected chi connectivity index (χ3v) is 7.36. The third kappa shape index (κ3) is 7.67. The predicted molar refractivity (Wildman–Crippen MR) is 154 cm³/mol. The Balaban J connectivity index is 1.55. The van der Waals surface area contributed by atoms with Crippen LogP contribution in [0.4, 0.5) is 0 Å². The van der Waals surface area contributed by atoms with Crippen molar-refractivity contribution in [3.8, 4) is 23.0 Å². The van der Waals surface area contributed by atoms with Crippen molar-refractivity contribution in [1.29, 1.82) is 0 Å². The first-order chi connectivity index (χ1) is 19.4. The quantitative estimate of drug-likeness (QED) is 0.173. The number of phenolic OH excluding ortho intramolecular Hbond substituents is 2. The molecular weight excluding hydrogens is 506 g/mol. The highest BCUT2D eigenvalue weighted by Gasteiger charge is 2.28. The van der Waals surface area contributed by atoms with E-state index >= 15 is 0 Å². The molecule has 0 saturated heterocycles. The minimum absolute atomic E-state index is 0.0109. The normalized spacial score (nSPS) is 13.4. The number of H-pyrrole nitrogens is 1. The van der Waals surface area contributed by atoms with Crippen LogP contribution in [0.1, 0.15) is 28.7 Å². The largest absolute Gasteiger partial charge is 0.504 e. The highest BCUT2D eigenvalue weighted by molar-refractivity contribution is 5.82. The van der Waals surface area contributed by atoms with E-state index in [-0.39, 0.29) is 35.5 Å². The summed E-state index contributed by atoms with van der Waals surface area (Å²) in [5.41, 5.74) is 3.86. The van der Waals surface area contributed by atoms with Crippen LogP contribution in [0.15, 0.2) is 85.2 Å². The van der Waals surface area contributed by atoms with Crippen LogP contribution in [0.5, 0.6) is 23.0 Å². The molecule has 0 saturated carbocycles. The summed E-state index contributed by atoms with van der Waals surface area (Å²) in [7, 11) is 3.00. The molecule has 0 fully saturated rings. The van der Waals surface area contributed by atoms with Gasteiger partial charge in [-0.05, 0) is 84.2 Å². The average molecular weight is 544 g/mol. The fraction of sp³-hybridized carbons (Fsp3) is 0.303. The maximum absolute atomic E-state index is 13.8. The Kier molecular flexibility index (Phi) is 9.86. The average Bonchev–Trinajstić information content (AvgIpc) is 3.48. The van der Waals surface area contributed by atoms with Crippen molar-refractivity contribution in [2.24, 2.45) is 11.8 Å². The lowest BCUT2D eigenvalue weighted by Crippen LogP contribution is -2.31. The van der Waals surface area contributed by atoms with Crippen molar-refractivity contribution < 1.29 is 29.6 Å². The van der Waals surface area contributed by atoms with Gasteiger partial charge in [0, 0.05) is 24.7 Å². The molecule has 7 nitrogen and oxygen atoms in total. The van der Waals surface area contributed by atoms with E-state index in [1.54, 1.807) is 30.3 Å². The van der Waals surface area contributed by atoms with Gasteiger partial charge in [-0.15, -0.1) is 0 Å². The molecule has 4 N–H and O–H groups in total. The molecule has 210 valence electrons. The van der Waals surface area contributed by atoms with Crippen LogP contribution in [-0.4, -0.2) is 46.4 Å². The number of aliphatic hydroxyl groups is 1. The van der Waals surface area contributed by atoms with Gasteiger partial charge in [0.1, 0.15) is 5.78 Å². The molecule has 7 heteroatoms. The number of aromatic nitrogens is 1. The molecule has 4 aromatic rings. The second-order valence-corrected chi connectivity index (χ2v) is 10.2. The zero-order chi connectivity index (χ0) is 28.5. The Morgan fingerprint density at radius 3 is 1.90 bits per heavy atom. The number of ether oxygens (including phenoxy) is 2. The Labute approximate surface area is 235 Å². The van der Waals surface area contributed by atoms with E-state index in [2.05, 4.69) is 4.98 Å². The van der Waals surface area contributed by atoms with Gasteiger partial charge < -0.3 is 29.8 Å². The standard InChI is InChI=1S/C33H37NO6/c1-39-32-18-23(8-10-28(32)35)15-26(14-22-6-4-3-5-7-22)30(37)20-31(38)27(17-25-12-13-34-21-25)16-24-9-11-29(36)33(19-24)40-2/h3-13,18-19,21,26-27,30,34-37H,14-17,20H2,1-2H3/t26-,27-,30+/m0/s1. The molecule has 4 rings (SSSR count). The first-order valence-electron chi connectivity index (χ1n) is 13.4. The summed E-state index contributed by atoms with van der Waals surface area (Å²) in [4.78, 5) is 16.8. The maximum Gasteiger partial charge on any atom is 0.160 e. The maximum atomic E-state index is 13.8. The summed E-state index contributed by atoms with van der Waals surface area (Å²) in [5.74, 6) is 0.204. The number of ketones is 1. The molecule has 0 unspecified atom stereocenters. The number of benzene rings is 3. The summed E-state index contributed by atoms with van der Waals surface area (Å²) in [6.07, 6.45) is 4.92. The van der Waals surface area contributed by atoms with Gasteiger partial charge in [-0.25, -0.2) is 0 Å². The van der Waals surface area contributed by atoms with E-state index in [4.69, 9.17) is 9.47 Å². The van der Waals surface area contributed by atoms with Gasteiger partial charge in [-0.3, -0.25) is 4.79 Å². The van der Waals surface area contributed by atoms with Crippen molar-refractivity contribution in [2.75, 3.05) is 14.2 Å². The molecule has 1 heterocycles. The van der Waals surface area contributed by atoms with Crippen molar-refractivity contribution in [2.45, 2.75) is 38.2 Å². The Morgan fingerprint density at radius 1 is 0.750 bits per heavy atom. The summed E-state index contributed by atoms with van der Waals surface area (Å²) < 4.78 is 10.5. The van der Waals surface area contributed by atoms with Crippen LogP contribution < -0.4 is 9.47 Å². The first kappa shape index (κ1) is 28.8. The topological polar surface area (TPSA) is 112 Å². The van der Waals surface area contributed by atoms with Crippen LogP contribution in [0.3, 0.4) is 0 Å². The number of aromatic amines is 1. The highest BCUT2D eigenvalue weighted by atomic mass is 16.5. The third-order valence-electron chi connectivity index (χ3n) is 7.36. The number of aromatic hydroxyl groups is 2. The fourth-order valence-corrected chi connectivity index (χ4v) is 5.16. The molecule has 0 aliphatic carbocycles. The number of hydrogen-bond donors (Lipinski definition) is 4. The van der Waals surface area contributed by atoms with Gasteiger partial charge in [0.05, 0.1) is 20.3 Å². The molecular formula is C33H37NO6. The smallest absolute Gasteiger partial charge is 0.160 e. The van der Waals surface area contributed by atoms with Gasteiger partial charge in [0.25, 0.3) is 0 Å². The van der Waals surface area contributed by atoms with Crippen LogP contribution in [-0.2, 0) is 30.5 Å². The SMILES string of the molecule is COc1cc(C[C@@H](Cc2cc[nH]c2)C(=O)C[C@@H](O)[C@@H](Cc2ccccc2)Cc2ccc(O)c(OC)c2)ccc1O. The summed E-state index contributed by atoms with van der Waals surface area (Å²) in [6, 6.07) is 22.2. The van der Waals surface area contributed by atoms with E-state index in [1.807, 2.05) is 54.9 Å². The van der Waals surface area contributed by atoms with Gasteiger partial charge in [-0.1, -0.05) is 42.5 Å². The zero-order valence-electron chi connectivity index (χ0n) is 22.9. The number of phenols is 2. The molecule has 1 aromatic heterocycles. The van der Waals surface area contributed by atoms with Gasteiger partial charge in [-0.2, -0.15) is 0 Å². The predicted octanol–water partition coefficient (Wildman–Crippen LogP) is 5.27. The number of carbonyl (C=O) groups excluding carboxylic acids is 1. The van der Waals surface area contributed by atoms with Crippen LogP contribution >= 0.6 is 0 Å². The van der Waals surface area contributed by atoms with Crippen LogP contribution in [0.2, 0.25) is 0 Å². The number of nitrogens with one attached hydrogen (secondary N) is 1. The van der Waals surface area contributed by atoms with Crippen molar-refractivity contribution in [3.05, 3.63) is 107 Å². The zero-order valence-corrected chi connectivity index (χ0v) is 22.9. The van der Waals surface area contributed by atoms with Gasteiger partial charge in [0.15, 0.2) is 23.0 Å². The van der Waals surface area contributed by atoms with E-state index in [9.17, 15) is 20.1 Å². The molecule has 40 heavy (non-hydrogen) atoms. The number of hydrogen-bond acceptors (Lipinski definition) is 6. The second kappa shape index (κ2) is 13.7. The van der Waals surface area contributed by atoms with Crippen LogP contribution in [0.25, 0.3) is 0 Å². The van der Waals surface area contributed by atoms with Crippen molar-refractivity contribution >= 4 is 5.78 Å². The summed E-state index contributed by atoms with van der Waals surface area (Å²) in [6.45, 7) is 0. The number of methoxy groups -OCH3 is 2. The molecule has 3 atom stereocenters. The summed E-state index contributed by atoms with van der Waals surface area (Å²) >= 11 is 0. The van der Waals surface area contributed by atoms with Crippen molar-refractivity contribution in [1.82, 2.24) is 4.98 Å². The monoisotopic (exact) mass is 543 g/mol. The number of Topliss-reactive ketones (excluding diaryl/α,β-unsaturated/α-hetero) is 1. The molecule has 3 aromatic carbocycles. The molecule has 0 bridgehead atoms. The first-order valence-corrected chi connectivity index (χ1v) is 13.4. The van der Waals surface area contributed by atoms with E-state index in [0.717, 1.165) is 22.3 Å². The van der Waals surface area contributed by atoms with Crippen molar-refractivity contribution in [3.63, 3.8) is 0 Å². The van der Waals surface area contributed by atoms with Gasteiger partial charge >= 0.3 is 0 Å². The highest BCUT2D eigenvalue weighted by Crippen LogP contribution is 2.31. The number of aliphatic hydroxyl groups excluding tert-OH is 1. The molecule has 0 amide bonds. The Morgan fingerprint density at radius 2 is 1.32 bits per heavy atom. The molecule has 0 aliphatic rings. The minimum Gasteiger partial charge on any atom is -0.504 e. The van der Waals surface area contributed by atoms with Gasteiger partial charge in [0.2, 0.25) is 0 Å². The van der Waals surface area contributed by atoms with E-state index in [0.29, 0.717) is 37.2 Å². The van der Waals surface area contributed by atoms with Crippen LogP contribution in [0, 0.1) is 11.8 Å². The molecule has 0 radical (unpaired) electrons. The molecule has 0 aliphatic heterocycles. The lowest BCUT2D eigenvalue weighted by molar-refractivity contribution is -0.125. The van der Waals surface area contributed by atoms with E-state index in [1.165, 1.54) is 14.2 Å². The number of rotatable bonds is 14. The fourth-order valence-electron chi connectivity index (χ4n) is 5.16. The lowest BCUT2D eigenvalue weighted by atomic mass is 9.82. The second-order valence-electron chi connectivity index (χ2n) is 10.2. The Hall–Kier alpha value is -4.23.